The van der Waals surface area contributed by atoms with Gasteiger partial charge in [-0.2, -0.15) is 13.2 Å². The van der Waals surface area contributed by atoms with Crippen LogP contribution in [0.1, 0.15) is 12.8 Å². The predicted molar refractivity (Wildman–Crippen MR) is 48.8 cm³/mol. The van der Waals surface area contributed by atoms with Crippen LogP contribution in [0.3, 0.4) is 0 Å². The molecule has 0 aliphatic carbocycles. The van der Waals surface area contributed by atoms with Gasteiger partial charge in [0.15, 0.2) is 6.61 Å². The van der Waals surface area contributed by atoms with Gasteiger partial charge in [-0.3, -0.25) is 4.79 Å². The van der Waals surface area contributed by atoms with Crippen LogP contribution in [0, 0.1) is 0 Å². The third-order valence-electron chi connectivity index (χ3n) is 1.60. The molecule has 1 amide bonds. The van der Waals surface area contributed by atoms with Gasteiger partial charge in [0.2, 0.25) is 0 Å². The van der Waals surface area contributed by atoms with Gasteiger partial charge in [-0.15, -0.1) is 0 Å². The highest BCUT2D eigenvalue weighted by Crippen LogP contribution is 2.14. The summed E-state index contributed by atoms with van der Waals surface area (Å²) in [6.07, 6.45) is -7.33. The first kappa shape index (κ1) is 16.0. The number of carbonyl (C=O) groups excluding carboxylic acids is 1. The van der Waals surface area contributed by atoms with Crippen LogP contribution in [-0.2, 0) is 14.3 Å². The van der Waals surface area contributed by atoms with Crippen molar-refractivity contribution in [1.29, 1.82) is 0 Å². The van der Waals surface area contributed by atoms with Crippen LogP contribution in [0.2, 0.25) is 0 Å². The Kier molecular flexibility index (Phi) is 5.93. The van der Waals surface area contributed by atoms with Crippen LogP contribution in [-0.4, -0.2) is 47.1 Å². The van der Waals surface area contributed by atoms with Gasteiger partial charge in [0.25, 0.3) is 0 Å². The Hall–Kier alpha value is -2.00. The summed E-state index contributed by atoms with van der Waals surface area (Å²) in [5, 5.41) is 18.5. The molecule has 0 aromatic heterocycles. The number of carboxylic acids is 2. The second-order valence-electron chi connectivity index (χ2n) is 3.16. The SMILES string of the molecule is O=C(O)CCC(NC(=O)OCC(F)(F)F)C(=O)O. The molecule has 7 nitrogen and oxygen atoms in total. The number of alkyl halides is 3. The summed E-state index contributed by atoms with van der Waals surface area (Å²) in [4.78, 5) is 31.6. The highest BCUT2D eigenvalue weighted by molar-refractivity contribution is 5.80. The quantitative estimate of drug-likeness (QED) is 0.653. The number of hydrogen-bond acceptors (Lipinski definition) is 4. The average Bonchev–Trinajstić information content (AvgIpc) is 2.19. The molecule has 0 aliphatic heterocycles. The summed E-state index contributed by atoms with van der Waals surface area (Å²) in [7, 11) is 0. The van der Waals surface area contributed by atoms with E-state index in [0.29, 0.717) is 0 Å². The van der Waals surface area contributed by atoms with Crippen molar-refractivity contribution >= 4 is 18.0 Å². The molecule has 0 heterocycles. The van der Waals surface area contributed by atoms with E-state index < -0.39 is 49.7 Å². The molecule has 1 unspecified atom stereocenters. The lowest BCUT2D eigenvalue weighted by Gasteiger charge is -2.14. The summed E-state index contributed by atoms with van der Waals surface area (Å²) in [5.74, 6) is -2.87. The summed E-state index contributed by atoms with van der Waals surface area (Å²) in [6.45, 7) is -1.86. The fourth-order valence-electron chi connectivity index (χ4n) is 0.856. The smallest absolute Gasteiger partial charge is 0.422 e. The van der Waals surface area contributed by atoms with Gasteiger partial charge in [-0.25, -0.2) is 9.59 Å². The topological polar surface area (TPSA) is 113 Å². The second kappa shape index (κ2) is 6.67. The maximum atomic E-state index is 11.7. The van der Waals surface area contributed by atoms with E-state index in [4.69, 9.17) is 10.2 Å². The van der Waals surface area contributed by atoms with Crippen molar-refractivity contribution in [3.63, 3.8) is 0 Å². The molecule has 104 valence electrons. The number of alkyl carbamates (subject to hydrolysis) is 1. The summed E-state index contributed by atoms with van der Waals surface area (Å²) < 4.78 is 38.7. The third-order valence-corrected chi connectivity index (χ3v) is 1.60. The fourth-order valence-corrected chi connectivity index (χ4v) is 0.856. The molecule has 0 saturated carbocycles. The number of amides is 1. The Balaban J connectivity index is 4.20. The molecule has 18 heavy (non-hydrogen) atoms. The first-order chi connectivity index (χ1) is 8.11. The van der Waals surface area contributed by atoms with E-state index in [0.717, 1.165) is 0 Å². The number of carbonyl (C=O) groups is 3. The van der Waals surface area contributed by atoms with Gasteiger partial charge in [0.1, 0.15) is 6.04 Å². The molecule has 0 bridgehead atoms. The molecule has 0 radical (unpaired) electrons. The monoisotopic (exact) mass is 273 g/mol. The van der Waals surface area contributed by atoms with Crippen LogP contribution in [0.5, 0.6) is 0 Å². The largest absolute Gasteiger partial charge is 0.481 e. The van der Waals surface area contributed by atoms with Crippen molar-refractivity contribution < 1.29 is 42.5 Å². The standard InChI is InChI=1S/C8H10F3NO6/c9-8(10,11)3-18-7(17)12-4(6(15)16)1-2-5(13)14/h4H,1-3H2,(H,12,17)(H,13,14)(H,15,16). The molecule has 0 aliphatic rings. The van der Waals surface area contributed by atoms with E-state index >= 15 is 0 Å². The summed E-state index contributed by atoms with van der Waals surface area (Å²) >= 11 is 0. The molecule has 3 N–H and O–H groups in total. The zero-order chi connectivity index (χ0) is 14.3. The normalized spacial score (nSPS) is 12.6. The lowest BCUT2D eigenvalue weighted by molar-refractivity contribution is -0.160. The lowest BCUT2D eigenvalue weighted by Crippen LogP contribution is -2.42. The molecule has 10 heteroatoms. The molecule has 0 aromatic carbocycles. The average molecular weight is 273 g/mol. The van der Waals surface area contributed by atoms with Crippen LogP contribution in [0.15, 0.2) is 0 Å². The molecule has 0 rings (SSSR count). The summed E-state index contributed by atoms with van der Waals surface area (Å²) in [5.41, 5.74) is 0. The van der Waals surface area contributed by atoms with Crippen molar-refractivity contribution in [2.75, 3.05) is 6.61 Å². The van der Waals surface area contributed by atoms with E-state index in [1.165, 1.54) is 0 Å². The zero-order valence-corrected chi connectivity index (χ0v) is 8.86. The van der Waals surface area contributed by atoms with Crippen LogP contribution < -0.4 is 5.32 Å². The van der Waals surface area contributed by atoms with Gasteiger partial charge in [-0.1, -0.05) is 0 Å². The zero-order valence-electron chi connectivity index (χ0n) is 8.86. The minimum atomic E-state index is -4.73. The Morgan fingerprint density at radius 3 is 2.17 bits per heavy atom. The van der Waals surface area contributed by atoms with Crippen LogP contribution in [0.4, 0.5) is 18.0 Å². The van der Waals surface area contributed by atoms with E-state index in [2.05, 4.69) is 4.74 Å². The number of carboxylic acid groups (broad SMARTS) is 2. The summed E-state index contributed by atoms with van der Waals surface area (Å²) in [6, 6.07) is -1.62. The maximum Gasteiger partial charge on any atom is 0.422 e. The molecular formula is C8H10F3NO6. The number of ether oxygens (including phenoxy) is 1. The number of nitrogens with one attached hydrogen (secondary N) is 1. The fraction of sp³-hybridized carbons (Fsp3) is 0.625. The Bertz CT molecular complexity index is 329. The van der Waals surface area contributed by atoms with E-state index in [1.807, 2.05) is 0 Å². The third kappa shape index (κ3) is 8.19. The Morgan fingerprint density at radius 1 is 1.22 bits per heavy atom. The second-order valence-corrected chi connectivity index (χ2v) is 3.16. The molecule has 0 aromatic rings. The van der Waals surface area contributed by atoms with Crippen molar-refractivity contribution in [1.82, 2.24) is 5.32 Å². The van der Waals surface area contributed by atoms with Gasteiger partial charge in [-0.05, 0) is 6.42 Å². The predicted octanol–water partition coefficient (Wildman–Crippen LogP) is 0.593. The number of aliphatic carboxylic acids is 2. The molecule has 0 saturated heterocycles. The van der Waals surface area contributed by atoms with Crippen molar-refractivity contribution in [3.05, 3.63) is 0 Å². The first-order valence-electron chi connectivity index (χ1n) is 4.56. The minimum absolute atomic E-state index is 0.466. The van der Waals surface area contributed by atoms with Crippen molar-refractivity contribution in [2.24, 2.45) is 0 Å². The van der Waals surface area contributed by atoms with Crippen molar-refractivity contribution in [3.8, 4) is 0 Å². The Labute approximate surface area is 98.5 Å². The van der Waals surface area contributed by atoms with Gasteiger partial charge >= 0.3 is 24.2 Å². The Morgan fingerprint density at radius 2 is 1.78 bits per heavy atom. The van der Waals surface area contributed by atoms with E-state index in [1.54, 1.807) is 5.32 Å². The maximum absolute atomic E-state index is 11.7. The van der Waals surface area contributed by atoms with E-state index in [-0.39, 0.29) is 0 Å². The lowest BCUT2D eigenvalue weighted by atomic mass is 10.1. The number of hydrogen-bond donors (Lipinski definition) is 3. The minimum Gasteiger partial charge on any atom is -0.481 e. The van der Waals surface area contributed by atoms with E-state index in [9.17, 15) is 27.6 Å². The van der Waals surface area contributed by atoms with Crippen LogP contribution >= 0.6 is 0 Å². The molecule has 1 atom stereocenters. The molecule has 0 fully saturated rings. The number of rotatable bonds is 6. The molecular weight excluding hydrogens is 263 g/mol. The van der Waals surface area contributed by atoms with Crippen molar-refractivity contribution in [2.45, 2.75) is 25.1 Å². The highest BCUT2D eigenvalue weighted by atomic mass is 19.4. The van der Waals surface area contributed by atoms with Gasteiger partial charge < -0.3 is 20.3 Å². The highest BCUT2D eigenvalue weighted by Gasteiger charge is 2.30. The van der Waals surface area contributed by atoms with Crippen LogP contribution in [0.25, 0.3) is 0 Å². The van der Waals surface area contributed by atoms with Gasteiger partial charge in [0.05, 0.1) is 0 Å². The van der Waals surface area contributed by atoms with Gasteiger partial charge in [0, 0.05) is 6.42 Å². The molecule has 0 spiro atoms. The number of halogens is 3. The first-order valence-corrected chi connectivity index (χ1v) is 4.56.